The van der Waals surface area contributed by atoms with Crippen molar-refractivity contribution >= 4 is 11.6 Å². The van der Waals surface area contributed by atoms with E-state index >= 15 is 0 Å². The van der Waals surface area contributed by atoms with Gasteiger partial charge in [-0.15, -0.1) is 0 Å². The number of rotatable bonds is 5. The summed E-state index contributed by atoms with van der Waals surface area (Å²) in [6.45, 7) is 2.42. The predicted molar refractivity (Wildman–Crippen MR) is 104 cm³/mol. The molecule has 0 spiro atoms. The van der Waals surface area contributed by atoms with Gasteiger partial charge in [0.25, 0.3) is 17.4 Å². The number of amides is 1. The van der Waals surface area contributed by atoms with Gasteiger partial charge in [-0.2, -0.15) is 9.78 Å². The molecular weight excluding hydrogens is 380 g/mol. The summed E-state index contributed by atoms with van der Waals surface area (Å²) in [5.74, 6) is -3.37. The van der Waals surface area contributed by atoms with Crippen molar-refractivity contribution in [3.05, 3.63) is 81.9 Å². The molecule has 3 rings (SSSR count). The van der Waals surface area contributed by atoms with Crippen LogP contribution >= 0.6 is 0 Å². The van der Waals surface area contributed by atoms with Crippen LogP contribution in [-0.2, 0) is 5.92 Å². The summed E-state index contributed by atoms with van der Waals surface area (Å²) in [7, 11) is 0. The molecule has 29 heavy (non-hydrogen) atoms. The molecule has 0 unspecified atom stereocenters. The molecule has 2 aromatic heterocycles. The highest BCUT2D eigenvalue weighted by atomic mass is 19.3. The number of benzene rings is 1. The molecule has 3 aromatic rings. The average molecular weight is 399 g/mol. The van der Waals surface area contributed by atoms with Gasteiger partial charge in [0.2, 0.25) is 0 Å². The molecule has 0 saturated heterocycles. The minimum absolute atomic E-state index is 0.0212. The van der Waals surface area contributed by atoms with Gasteiger partial charge in [0.1, 0.15) is 5.69 Å². The lowest BCUT2D eigenvalue weighted by Gasteiger charge is -2.18. The van der Waals surface area contributed by atoms with Crippen LogP contribution in [0.25, 0.3) is 5.82 Å². The third-order valence-electron chi connectivity index (χ3n) is 4.23. The van der Waals surface area contributed by atoms with Crippen LogP contribution in [-0.4, -0.2) is 20.7 Å². The van der Waals surface area contributed by atoms with E-state index in [1.54, 1.807) is 25.1 Å². The highest BCUT2D eigenvalue weighted by Gasteiger charge is 2.26. The van der Waals surface area contributed by atoms with E-state index < -0.39 is 23.4 Å². The molecule has 1 atom stereocenters. The average Bonchev–Trinajstić information content (AvgIpc) is 2.67. The summed E-state index contributed by atoms with van der Waals surface area (Å²) in [6, 6.07) is 10.8. The maximum atomic E-state index is 13.7. The number of nitrogens with two attached hydrogens (primary N) is 1. The second-order valence-corrected chi connectivity index (χ2v) is 6.63. The molecule has 0 fully saturated rings. The van der Waals surface area contributed by atoms with Gasteiger partial charge in [-0.3, -0.25) is 9.59 Å². The van der Waals surface area contributed by atoms with Crippen LogP contribution in [0.3, 0.4) is 0 Å². The maximum Gasteiger partial charge on any atom is 0.272 e. The molecule has 3 N–H and O–H groups in total. The van der Waals surface area contributed by atoms with Gasteiger partial charge in [-0.25, -0.2) is 13.8 Å². The van der Waals surface area contributed by atoms with Crippen LogP contribution < -0.4 is 16.6 Å². The smallest absolute Gasteiger partial charge is 0.272 e. The van der Waals surface area contributed by atoms with Crippen molar-refractivity contribution in [2.75, 3.05) is 5.73 Å². The fraction of sp³-hybridized carbons (Fsp3) is 0.200. The number of alkyl halides is 2. The number of nitrogens with one attached hydrogen (secondary N) is 1. The summed E-state index contributed by atoms with van der Waals surface area (Å²) in [4.78, 5) is 28.7. The van der Waals surface area contributed by atoms with E-state index in [1.807, 2.05) is 0 Å². The van der Waals surface area contributed by atoms with Gasteiger partial charge >= 0.3 is 0 Å². The van der Waals surface area contributed by atoms with E-state index in [2.05, 4.69) is 15.4 Å². The lowest BCUT2D eigenvalue weighted by atomic mass is 10.0. The second kappa shape index (κ2) is 7.78. The number of nitrogens with zero attached hydrogens (tertiary/aromatic N) is 3. The molecule has 0 radical (unpaired) electrons. The van der Waals surface area contributed by atoms with E-state index in [9.17, 15) is 18.4 Å². The van der Waals surface area contributed by atoms with Crippen molar-refractivity contribution in [2.24, 2.45) is 0 Å². The summed E-state index contributed by atoms with van der Waals surface area (Å²) in [5, 5.41) is 6.73. The number of hydrogen-bond donors (Lipinski definition) is 2. The minimum atomic E-state index is -3.06. The number of aromatic nitrogens is 3. The zero-order valence-corrected chi connectivity index (χ0v) is 15.8. The molecule has 0 aliphatic carbocycles. The normalized spacial score (nSPS) is 12.4. The first kappa shape index (κ1) is 20.1. The van der Waals surface area contributed by atoms with Crippen LogP contribution in [0.15, 0.2) is 59.5 Å². The number of hydrogen-bond acceptors (Lipinski definition) is 5. The van der Waals surface area contributed by atoms with Gasteiger partial charge in [0, 0.05) is 30.4 Å². The minimum Gasteiger partial charge on any atom is -0.399 e. The van der Waals surface area contributed by atoms with Gasteiger partial charge < -0.3 is 11.1 Å². The Balaban J connectivity index is 1.86. The maximum absolute atomic E-state index is 13.7. The lowest BCUT2D eigenvalue weighted by Crippen LogP contribution is -2.31. The Morgan fingerprint density at radius 1 is 1.21 bits per heavy atom. The summed E-state index contributed by atoms with van der Waals surface area (Å²) >= 11 is 0. The lowest BCUT2D eigenvalue weighted by molar-refractivity contribution is 0.0174. The van der Waals surface area contributed by atoms with E-state index in [1.165, 1.54) is 36.5 Å². The molecule has 9 heteroatoms. The fourth-order valence-corrected chi connectivity index (χ4v) is 2.71. The highest BCUT2D eigenvalue weighted by Crippen LogP contribution is 2.31. The summed E-state index contributed by atoms with van der Waals surface area (Å²) in [5.41, 5.74) is 5.62. The molecule has 0 aliphatic heterocycles. The first-order chi connectivity index (χ1) is 13.6. The third kappa shape index (κ3) is 4.63. The van der Waals surface area contributed by atoms with Crippen LogP contribution in [0.4, 0.5) is 14.5 Å². The summed E-state index contributed by atoms with van der Waals surface area (Å²) < 4.78 is 28.3. The molecule has 1 aromatic carbocycles. The van der Waals surface area contributed by atoms with Gasteiger partial charge in [0.05, 0.1) is 6.04 Å². The highest BCUT2D eigenvalue weighted by molar-refractivity contribution is 5.92. The Kier molecular flexibility index (Phi) is 5.40. The zero-order chi connectivity index (χ0) is 21.2. The van der Waals surface area contributed by atoms with Crippen molar-refractivity contribution in [1.29, 1.82) is 0 Å². The van der Waals surface area contributed by atoms with E-state index in [-0.39, 0.29) is 22.8 Å². The van der Waals surface area contributed by atoms with Crippen molar-refractivity contribution in [2.45, 2.75) is 25.8 Å². The van der Waals surface area contributed by atoms with Crippen molar-refractivity contribution in [1.82, 2.24) is 20.1 Å². The topological polar surface area (TPSA) is 103 Å². The van der Waals surface area contributed by atoms with Crippen LogP contribution in [0.1, 0.15) is 41.5 Å². The molecular formula is C20H19F2N5O2. The molecule has 2 heterocycles. The number of halogens is 2. The van der Waals surface area contributed by atoms with Crippen LogP contribution in [0, 0.1) is 0 Å². The van der Waals surface area contributed by atoms with E-state index in [0.29, 0.717) is 5.56 Å². The molecule has 0 aliphatic rings. The quantitative estimate of drug-likeness (QED) is 0.642. The largest absolute Gasteiger partial charge is 0.399 e. The Morgan fingerprint density at radius 2 is 1.97 bits per heavy atom. The Bertz CT molecular complexity index is 1090. The van der Waals surface area contributed by atoms with E-state index in [4.69, 9.17) is 5.73 Å². The molecule has 0 bridgehead atoms. The van der Waals surface area contributed by atoms with Crippen molar-refractivity contribution < 1.29 is 13.6 Å². The van der Waals surface area contributed by atoms with Gasteiger partial charge in [-0.05, 0) is 48.9 Å². The van der Waals surface area contributed by atoms with E-state index in [0.717, 1.165) is 11.6 Å². The Hall–Kier alpha value is -3.62. The van der Waals surface area contributed by atoms with Crippen molar-refractivity contribution in [3.63, 3.8) is 0 Å². The predicted octanol–water partition coefficient (Wildman–Crippen LogP) is 2.81. The number of carbonyl (C=O) groups excluding carboxylic acids is 1. The van der Waals surface area contributed by atoms with Gasteiger partial charge in [0.15, 0.2) is 5.82 Å². The Labute approximate surface area is 165 Å². The number of carbonyl (C=O) groups is 1. The third-order valence-corrected chi connectivity index (χ3v) is 4.23. The first-order valence-electron chi connectivity index (χ1n) is 8.76. The fourth-order valence-electron chi connectivity index (χ4n) is 2.71. The number of pyridine rings is 1. The standard InChI is InChI=1S/C20H19F2N5O2/c1-12(13-9-14(20(2,21)22)11-15(23)10-13)25-19(29)16-6-7-18(28)27(26-16)17-5-3-4-8-24-17/h3-12H,23H2,1-2H3,(H,25,29)/t12-/m1/s1. The van der Waals surface area contributed by atoms with Gasteiger partial charge in [-0.1, -0.05) is 6.07 Å². The van der Waals surface area contributed by atoms with Crippen LogP contribution in [0.5, 0.6) is 0 Å². The first-order valence-corrected chi connectivity index (χ1v) is 8.76. The second-order valence-electron chi connectivity index (χ2n) is 6.63. The number of nitrogen functional groups attached to an aromatic ring is 1. The monoisotopic (exact) mass is 399 g/mol. The SMILES string of the molecule is C[C@@H](NC(=O)c1ccc(=O)n(-c2ccccn2)n1)c1cc(N)cc(C(C)(F)F)c1. The molecule has 0 saturated carbocycles. The number of anilines is 1. The van der Waals surface area contributed by atoms with Crippen molar-refractivity contribution in [3.8, 4) is 5.82 Å². The Morgan fingerprint density at radius 3 is 2.62 bits per heavy atom. The molecule has 150 valence electrons. The summed E-state index contributed by atoms with van der Waals surface area (Å²) in [6.07, 6.45) is 1.50. The van der Waals surface area contributed by atoms with Crippen LogP contribution in [0.2, 0.25) is 0 Å². The zero-order valence-electron chi connectivity index (χ0n) is 15.8. The molecule has 7 nitrogen and oxygen atoms in total. The molecule has 1 amide bonds.